The van der Waals surface area contributed by atoms with Crippen molar-refractivity contribution in [2.45, 2.75) is 0 Å². The van der Waals surface area contributed by atoms with Crippen LogP contribution in [0.15, 0.2) is 54.6 Å². The second kappa shape index (κ2) is 8.96. The van der Waals surface area contributed by atoms with Gasteiger partial charge in [0, 0.05) is 29.9 Å². The molecule has 0 unspecified atom stereocenters. The molecule has 2 rings (SSSR count). The molecule has 0 amide bonds. The number of carbonyl (C=O) groups is 1. The van der Waals surface area contributed by atoms with Crippen LogP contribution in [-0.2, 0) is 0 Å². The summed E-state index contributed by atoms with van der Waals surface area (Å²) in [6.45, 7) is 0.628. The van der Waals surface area contributed by atoms with Crippen LogP contribution in [0, 0.1) is 5.82 Å². The summed E-state index contributed by atoms with van der Waals surface area (Å²) in [6, 6.07) is 13.1. The fourth-order valence-corrected chi connectivity index (χ4v) is 2.34. The van der Waals surface area contributed by atoms with Crippen molar-refractivity contribution < 1.29 is 19.4 Å². The Morgan fingerprint density at radius 2 is 1.75 bits per heavy atom. The van der Waals surface area contributed by atoms with Crippen molar-refractivity contribution in [1.82, 2.24) is 0 Å². The minimum atomic E-state index is -0.382. The van der Waals surface area contributed by atoms with Crippen LogP contribution in [0.2, 0.25) is 0 Å². The van der Waals surface area contributed by atoms with Crippen LogP contribution in [0.5, 0.6) is 0 Å². The fraction of sp³-hybridized carbons (Fsp3) is 0.211. The number of hydrogen-bond donors (Lipinski definition) is 2. The zero-order chi connectivity index (χ0) is 17.4. The highest BCUT2D eigenvalue weighted by molar-refractivity contribution is 6.07. The van der Waals surface area contributed by atoms with Gasteiger partial charge in [0.05, 0.1) is 13.2 Å². The van der Waals surface area contributed by atoms with Crippen LogP contribution in [0.25, 0.3) is 6.08 Å². The van der Waals surface area contributed by atoms with E-state index in [1.165, 1.54) is 18.2 Å². The van der Waals surface area contributed by atoms with Gasteiger partial charge in [-0.1, -0.05) is 30.3 Å². The van der Waals surface area contributed by atoms with Crippen molar-refractivity contribution in [1.29, 1.82) is 0 Å². The largest absolute Gasteiger partial charge is 0.395 e. The zero-order valence-electron chi connectivity index (χ0n) is 13.2. The number of carbonyl (C=O) groups excluding carboxylic acids is 1. The first-order chi connectivity index (χ1) is 11.7. The van der Waals surface area contributed by atoms with Crippen LogP contribution in [0.3, 0.4) is 0 Å². The molecular formula is C19H20FNO3. The van der Waals surface area contributed by atoms with Crippen LogP contribution in [0.1, 0.15) is 15.9 Å². The Hall–Kier alpha value is -2.50. The third kappa shape index (κ3) is 4.75. The van der Waals surface area contributed by atoms with Gasteiger partial charge in [-0.15, -0.1) is 0 Å². The van der Waals surface area contributed by atoms with Gasteiger partial charge in [0.2, 0.25) is 0 Å². The number of halogens is 1. The van der Waals surface area contributed by atoms with Crippen molar-refractivity contribution in [2.24, 2.45) is 0 Å². The molecule has 126 valence electrons. The number of nitrogens with zero attached hydrogens (tertiary/aromatic N) is 1. The Kier molecular flexibility index (Phi) is 6.66. The summed E-state index contributed by atoms with van der Waals surface area (Å²) >= 11 is 0. The molecule has 0 aliphatic heterocycles. The van der Waals surface area contributed by atoms with E-state index in [4.69, 9.17) is 10.2 Å². The van der Waals surface area contributed by atoms with Crippen LogP contribution in [-0.4, -0.2) is 42.3 Å². The number of aliphatic hydroxyl groups excluding tert-OH is 2. The van der Waals surface area contributed by atoms with Crippen molar-refractivity contribution in [2.75, 3.05) is 31.2 Å². The Labute approximate surface area is 140 Å². The molecule has 0 saturated carbocycles. The first kappa shape index (κ1) is 17.8. The molecule has 0 radical (unpaired) electrons. The molecule has 0 bridgehead atoms. The highest BCUT2D eigenvalue weighted by atomic mass is 19.1. The number of hydrogen-bond acceptors (Lipinski definition) is 4. The molecule has 2 N–H and O–H groups in total. The van der Waals surface area contributed by atoms with Gasteiger partial charge in [0.25, 0.3) is 0 Å². The number of aliphatic hydroxyl groups is 2. The Morgan fingerprint density at radius 1 is 1.04 bits per heavy atom. The van der Waals surface area contributed by atoms with Crippen LogP contribution >= 0.6 is 0 Å². The van der Waals surface area contributed by atoms with Crippen molar-refractivity contribution in [3.05, 3.63) is 71.6 Å². The predicted octanol–water partition coefficient (Wildman–Crippen LogP) is 2.51. The second-order valence-corrected chi connectivity index (χ2v) is 5.20. The SMILES string of the molecule is O=C(/C=C/c1ccccc1F)c1cccc(N(CCO)CCO)c1. The second-order valence-electron chi connectivity index (χ2n) is 5.20. The molecule has 0 heterocycles. The molecular weight excluding hydrogens is 309 g/mol. The van der Waals surface area contributed by atoms with Crippen molar-refractivity contribution >= 4 is 17.5 Å². The fourth-order valence-electron chi connectivity index (χ4n) is 2.34. The first-order valence-electron chi connectivity index (χ1n) is 7.69. The standard InChI is InChI=1S/C19H20FNO3/c20-18-7-2-1-4-15(18)8-9-19(24)16-5-3-6-17(14-16)21(10-12-22)11-13-23/h1-9,14,22-23H,10-13H2/b9-8+. The van der Waals surface area contributed by atoms with Gasteiger partial charge in [-0.25, -0.2) is 4.39 Å². The average molecular weight is 329 g/mol. The molecule has 0 spiro atoms. The summed E-state index contributed by atoms with van der Waals surface area (Å²) in [6.07, 6.45) is 2.78. The molecule has 5 heteroatoms. The van der Waals surface area contributed by atoms with Gasteiger partial charge in [-0.2, -0.15) is 0 Å². The molecule has 0 aliphatic rings. The van der Waals surface area contributed by atoms with Gasteiger partial charge in [-0.05, 0) is 30.4 Å². The summed E-state index contributed by atoms with van der Waals surface area (Å²) in [7, 11) is 0. The lowest BCUT2D eigenvalue weighted by molar-refractivity contribution is 0.104. The van der Waals surface area contributed by atoms with Crippen LogP contribution in [0.4, 0.5) is 10.1 Å². The van der Waals surface area contributed by atoms with E-state index in [2.05, 4.69) is 0 Å². The lowest BCUT2D eigenvalue weighted by atomic mass is 10.1. The summed E-state index contributed by atoms with van der Waals surface area (Å²) in [4.78, 5) is 14.1. The first-order valence-corrected chi connectivity index (χ1v) is 7.69. The van der Waals surface area contributed by atoms with E-state index >= 15 is 0 Å². The Bertz CT molecular complexity index is 709. The normalized spacial score (nSPS) is 11.0. The highest BCUT2D eigenvalue weighted by Gasteiger charge is 2.09. The summed E-state index contributed by atoms with van der Waals surface area (Å²) in [5, 5.41) is 18.2. The van der Waals surface area contributed by atoms with Crippen molar-refractivity contribution in [3.8, 4) is 0 Å². The summed E-state index contributed by atoms with van der Waals surface area (Å²) < 4.78 is 13.6. The number of anilines is 1. The van der Waals surface area contributed by atoms with Crippen molar-refractivity contribution in [3.63, 3.8) is 0 Å². The number of ketones is 1. The van der Waals surface area contributed by atoms with Gasteiger partial charge < -0.3 is 15.1 Å². The molecule has 2 aromatic rings. The average Bonchev–Trinajstić information content (AvgIpc) is 2.61. The zero-order valence-corrected chi connectivity index (χ0v) is 13.2. The smallest absolute Gasteiger partial charge is 0.185 e. The molecule has 0 aliphatic carbocycles. The van der Waals surface area contributed by atoms with Gasteiger partial charge in [0.15, 0.2) is 5.78 Å². The maximum Gasteiger partial charge on any atom is 0.185 e. The maximum atomic E-state index is 13.6. The van der Waals surface area contributed by atoms with E-state index in [0.717, 1.165) is 5.69 Å². The van der Waals surface area contributed by atoms with Gasteiger partial charge in [0.1, 0.15) is 5.82 Å². The van der Waals surface area contributed by atoms with E-state index in [1.807, 2.05) is 6.07 Å². The monoisotopic (exact) mass is 329 g/mol. The molecule has 2 aromatic carbocycles. The molecule has 0 saturated heterocycles. The lowest BCUT2D eigenvalue weighted by Gasteiger charge is -2.23. The lowest BCUT2D eigenvalue weighted by Crippen LogP contribution is -2.29. The molecule has 0 fully saturated rings. The van der Waals surface area contributed by atoms with Gasteiger partial charge >= 0.3 is 0 Å². The third-order valence-electron chi connectivity index (χ3n) is 3.56. The van der Waals surface area contributed by atoms with E-state index in [1.54, 1.807) is 41.3 Å². The predicted molar refractivity (Wildman–Crippen MR) is 92.6 cm³/mol. The summed E-state index contributed by atoms with van der Waals surface area (Å²) in [5.41, 5.74) is 1.55. The van der Waals surface area contributed by atoms with E-state index in [-0.39, 0.29) is 24.8 Å². The van der Waals surface area contributed by atoms with E-state index in [0.29, 0.717) is 24.2 Å². The van der Waals surface area contributed by atoms with E-state index < -0.39 is 0 Å². The number of benzene rings is 2. The quantitative estimate of drug-likeness (QED) is 0.577. The molecule has 24 heavy (non-hydrogen) atoms. The Balaban J connectivity index is 2.18. The molecule has 0 atom stereocenters. The minimum Gasteiger partial charge on any atom is -0.395 e. The minimum absolute atomic E-state index is 0.0502. The summed E-state index contributed by atoms with van der Waals surface area (Å²) in [5.74, 6) is -0.625. The van der Waals surface area contributed by atoms with E-state index in [9.17, 15) is 9.18 Å². The topological polar surface area (TPSA) is 60.8 Å². The maximum absolute atomic E-state index is 13.6. The van der Waals surface area contributed by atoms with Gasteiger partial charge in [-0.3, -0.25) is 4.79 Å². The third-order valence-corrected chi connectivity index (χ3v) is 3.56. The Morgan fingerprint density at radius 3 is 2.42 bits per heavy atom. The molecule has 4 nitrogen and oxygen atoms in total. The number of allylic oxidation sites excluding steroid dienone is 1. The molecule has 0 aromatic heterocycles. The number of rotatable bonds is 8. The highest BCUT2D eigenvalue weighted by Crippen LogP contribution is 2.17. The van der Waals surface area contributed by atoms with Crippen LogP contribution < -0.4 is 4.90 Å².